The fourth-order valence-electron chi connectivity index (χ4n) is 1.56. The van der Waals surface area contributed by atoms with Crippen LogP contribution in [0.3, 0.4) is 0 Å². The number of ketones is 1. The van der Waals surface area contributed by atoms with Gasteiger partial charge in [0.05, 0.1) is 0 Å². The molecule has 0 saturated carbocycles. The molecular weight excluding hydrogens is 274 g/mol. The summed E-state index contributed by atoms with van der Waals surface area (Å²) in [5.41, 5.74) is 0.871. The Morgan fingerprint density at radius 2 is 1.42 bits per heavy atom. The van der Waals surface area contributed by atoms with E-state index < -0.39 is 6.61 Å². The zero-order valence-electron chi connectivity index (χ0n) is 9.65. The number of halogens is 3. The highest BCUT2D eigenvalue weighted by Crippen LogP contribution is 2.18. The molecule has 19 heavy (non-hydrogen) atoms. The maximum Gasteiger partial charge on any atom is 0.387 e. The highest BCUT2D eigenvalue weighted by Gasteiger charge is 2.10. The highest BCUT2D eigenvalue weighted by molar-refractivity contribution is 6.30. The number of hydrogen-bond acceptors (Lipinski definition) is 2. The van der Waals surface area contributed by atoms with Crippen molar-refractivity contribution in [3.8, 4) is 5.75 Å². The van der Waals surface area contributed by atoms with Gasteiger partial charge in [-0.2, -0.15) is 8.78 Å². The molecule has 0 atom stereocenters. The van der Waals surface area contributed by atoms with Crippen LogP contribution in [-0.4, -0.2) is 12.4 Å². The molecule has 5 heteroatoms. The SMILES string of the molecule is O=C(c1ccc(Cl)cc1)c1ccc(OC(F)F)cc1. The second kappa shape index (κ2) is 5.80. The summed E-state index contributed by atoms with van der Waals surface area (Å²) in [5, 5.41) is 0.539. The number of carbonyl (C=O) groups is 1. The van der Waals surface area contributed by atoms with Crippen LogP contribution in [-0.2, 0) is 0 Å². The summed E-state index contributed by atoms with van der Waals surface area (Å²) in [6, 6.07) is 12.0. The summed E-state index contributed by atoms with van der Waals surface area (Å²) in [6.07, 6.45) is 0. The van der Waals surface area contributed by atoms with Crippen LogP contribution < -0.4 is 4.74 Å². The number of hydrogen-bond donors (Lipinski definition) is 0. The van der Waals surface area contributed by atoms with Gasteiger partial charge in [0.2, 0.25) is 0 Å². The van der Waals surface area contributed by atoms with Crippen LogP contribution in [0.25, 0.3) is 0 Å². The molecule has 0 aliphatic heterocycles. The van der Waals surface area contributed by atoms with Crippen molar-refractivity contribution in [2.24, 2.45) is 0 Å². The Hall–Kier alpha value is -1.94. The minimum atomic E-state index is -2.88. The van der Waals surface area contributed by atoms with Crippen molar-refractivity contribution in [1.29, 1.82) is 0 Å². The molecule has 98 valence electrons. The molecular formula is C14H9ClF2O2. The molecule has 2 aromatic rings. The Morgan fingerprint density at radius 1 is 0.947 bits per heavy atom. The molecule has 0 N–H and O–H groups in total. The van der Waals surface area contributed by atoms with E-state index in [1.807, 2.05) is 0 Å². The number of alkyl halides is 2. The van der Waals surface area contributed by atoms with Gasteiger partial charge in [-0.3, -0.25) is 4.79 Å². The van der Waals surface area contributed by atoms with E-state index in [0.29, 0.717) is 16.1 Å². The van der Waals surface area contributed by atoms with Crippen molar-refractivity contribution < 1.29 is 18.3 Å². The molecule has 0 aliphatic rings. The third-order valence-electron chi connectivity index (χ3n) is 2.45. The lowest BCUT2D eigenvalue weighted by Gasteiger charge is -2.05. The van der Waals surface area contributed by atoms with Crippen molar-refractivity contribution in [2.45, 2.75) is 6.61 Å². The van der Waals surface area contributed by atoms with E-state index in [2.05, 4.69) is 4.74 Å². The molecule has 0 unspecified atom stereocenters. The third kappa shape index (κ3) is 3.51. The molecule has 0 saturated heterocycles. The third-order valence-corrected chi connectivity index (χ3v) is 2.70. The summed E-state index contributed by atoms with van der Waals surface area (Å²) in [4.78, 5) is 12.1. The van der Waals surface area contributed by atoms with Crippen molar-refractivity contribution in [2.75, 3.05) is 0 Å². The first-order valence-corrected chi connectivity index (χ1v) is 5.79. The van der Waals surface area contributed by atoms with E-state index in [-0.39, 0.29) is 11.5 Å². The Bertz CT molecular complexity index is 565. The smallest absolute Gasteiger partial charge is 0.387 e. The number of rotatable bonds is 4. The van der Waals surface area contributed by atoms with E-state index in [4.69, 9.17) is 11.6 Å². The maximum absolute atomic E-state index is 12.1. The average Bonchev–Trinajstić information content (AvgIpc) is 2.39. The van der Waals surface area contributed by atoms with E-state index in [1.165, 1.54) is 24.3 Å². The zero-order valence-corrected chi connectivity index (χ0v) is 10.4. The Labute approximate surface area is 113 Å². The van der Waals surface area contributed by atoms with Gasteiger partial charge in [-0.05, 0) is 48.5 Å². The minimum absolute atomic E-state index is 0.0163. The van der Waals surface area contributed by atoms with Gasteiger partial charge in [-0.1, -0.05) is 11.6 Å². The molecule has 2 rings (SSSR count). The molecule has 0 aliphatic carbocycles. The van der Waals surface area contributed by atoms with Crippen LogP contribution in [0.1, 0.15) is 15.9 Å². The average molecular weight is 283 g/mol. The molecule has 2 nitrogen and oxygen atoms in total. The topological polar surface area (TPSA) is 26.3 Å². The van der Waals surface area contributed by atoms with Crippen LogP contribution in [0.4, 0.5) is 8.78 Å². The van der Waals surface area contributed by atoms with Gasteiger partial charge in [0.25, 0.3) is 0 Å². The molecule has 0 aromatic heterocycles. The zero-order chi connectivity index (χ0) is 13.8. The molecule has 2 aromatic carbocycles. The molecule has 0 heterocycles. The van der Waals surface area contributed by atoms with E-state index in [1.54, 1.807) is 24.3 Å². The van der Waals surface area contributed by atoms with Crippen LogP contribution in [0.2, 0.25) is 5.02 Å². The lowest BCUT2D eigenvalue weighted by Crippen LogP contribution is -2.03. The summed E-state index contributed by atoms with van der Waals surface area (Å²) in [6.45, 7) is -2.88. The van der Waals surface area contributed by atoms with Crippen LogP contribution in [0.5, 0.6) is 5.75 Å². The molecule has 0 amide bonds. The lowest BCUT2D eigenvalue weighted by molar-refractivity contribution is -0.0498. The van der Waals surface area contributed by atoms with E-state index >= 15 is 0 Å². The fourth-order valence-corrected chi connectivity index (χ4v) is 1.68. The first-order valence-electron chi connectivity index (χ1n) is 5.41. The van der Waals surface area contributed by atoms with E-state index in [9.17, 15) is 13.6 Å². The second-order valence-corrected chi connectivity index (χ2v) is 4.18. The Kier molecular flexibility index (Phi) is 4.12. The fraction of sp³-hybridized carbons (Fsp3) is 0.0714. The van der Waals surface area contributed by atoms with Gasteiger partial charge in [-0.15, -0.1) is 0 Å². The summed E-state index contributed by atoms with van der Waals surface area (Å²) in [7, 11) is 0. The van der Waals surface area contributed by atoms with Gasteiger partial charge in [0.1, 0.15) is 5.75 Å². The molecule has 0 bridgehead atoms. The lowest BCUT2D eigenvalue weighted by atomic mass is 10.0. The highest BCUT2D eigenvalue weighted by atomic mass is 35.5. The quantitative estimate of drug-likeness (QED) is 0.787. The second-order valence-electron chi connectivity index (χ2n) is 3.74. The summed E-state index contributed by atoms with van der Waals surface area (Å²) in [5.74, 6) is -0.192. The number of ether oxygens (including phenoxy) is 1. The summed E-state index contributed by atoms with van der Waals surface area (Å²) < 4.78 is 28.2. The standard InChI is InChI=1S/C14H9ClF2O2/c15-11-5-1-9(2-6-11)13(18)10-3-7-12(8-4-10)19-14(16)17/h1-8,14H. The largest absolute Gasteiger partial charge is 0.435 e. The van der Waals surface area contributed by atoms with Gasteiger partial charge in [-0.25, -0.2) is 0 Å². The first-order chi connectivity index (χ1) is 9.06. The van der Waals surface area contributed by atoms with E-state index in [0.717, 1.165) is 0 Å². The maximum atomic E-state index is 12.1. The number of carbonyl (C=O) groups excluding carboxylic acids is 1. The van der Waals surface area contributed by atoms with Gasteiger partial charge in [0, 0.05) is 16.1 Å². The summed E-state index contributed by atoms with van der Waals surface area (Å²) >= 11 is 5.73. The predicted molar refractivity (Wildman–Crippen MR) is 68.0 cm³/mol. The van der Waals surface area contributed by atoms with Gasteiger partial charge < -0.3 is 4.74 Å². The van der Waals surface area contributed by atoms with Crippen LogP contribution in [0, 0.1) is 0 Å². The Morgan fingerprint density at radius 3 is 1.89 bits per heavy atom. The van der Waals surface area contributed by atoms with Crippen molar-refractivity contribution >= 4 is 17.4 Å². The van der Waals surface area contributed by atoms with Gasteiger partial charge >= 0.3 is 6.61 Å². The number of benzene rings is 2. The Balaban J connectivity index is 2.17. The monoisotopic (exact) mass is 282 g/mol. The molecule has 0 spiro atoms. The van der Waals surface area contributed by atoms with Gasteiger partial charge in [0.15, 0.2) is 5.78 Å². The molecule has 0 fully saturated rings. The van der Waals surface area contributed by atoms with Crippen molar-refractivity contribution in [3.05, 3.63) is 64.7 Å². The van der Waals surface area contributed by atoms with Crippen LogP contribution in [0.15, 0.2) is 48.5 Å². The minimum Gasteiger partial charge on any atom is -0.435 e. The normalized spacial score (nSPS) is 10.5. The molecule has 0 radical (unpaired) electrons. The van der Waals surface area contributed by atoms with Crippen molar-refractivity contribution in [1.82, 2.24) is 0 Å². The van der Waals surface area contributed by atoms with Crippen molar-refractivity contribution in [3.63, 3.8) is 0 Å². The van der Waals surface area contributed by atoms with Crippen LogP contribution >= 0.6 is 11.6 Å². The first kappa shape index (κ1) is 13.5. The predicted octanol–water partition coefficient (Wildman–Crippen LogP) is 4.17.